The number of halogens is 3. The first-order valence-corrected chi connectivity index (χ1v) is 9.01. The van der Waals surface area contributed by atoms with Crippen molar-refractivity contribution < 1.29 is 13.6 Å². The maximum atomic E-state index is 13.4. The van der Waals surface area contributed by atoms with Gasteiger partial charge in [0.25, 0.3) is 5.91 Å². The topological polar surface area (TPSA) is 49.6 Å². The number of nitrogens with one attached hydrogen (secondary N) is 1. The Balaban J connectivity index is 1.40. The third kappa shape index (κ3) is 3.47. The van der Waals surface area contributed by atoms with Crippen LogP contribution < -0.4 is 10.2 Å². The Morgan fingerprint density at radius 3 is 2.93 bits per heavy atom. The number of aromatic nitrogens is 2. The van der Waals surface area contributed by atoms with E-state index in [9.17, 15) is 13.6 Å². The summed E-state index contributed by atoms with van der Waals surface area (Å²) in [5.41, 5.74) is 1.56. The molecule has 1 unspecified atom stereocenters. The number of anilines is 1. The van der Waals surface area contributed by atoms with Crippen molar-refractivity contribution in [2.45, 2.75) is 6.42 Å². The van der Waals surface area contributed by atoms with Crippen LogP contribution >= 0.6 is 11.6 Å². The Bertz CT molecular complexity index is 1010. The van der Waals surface area contributed by atoms with Crippen molar-refractivity contribution in [1.29, 1.82) is 0 Å². The van der Waals surface area contributed by atoms with E-state index in [1.165, 1.54) is 6.07 Å². The summed E-state index contributed by atoms with van der Waals surface area (Å²) in [6.45, 7) is 1.85. The third-order valence-electron chi connectivity index (χ3n) is 4.81. The molecule has 1 aliphatic rings. The number of nitrogens with zero attached hydrogens (tertiary/aromatic N) is 3. The lowest BCUT2D eigenvalue weighted by molar-refractivity contribution is 0.0942. The Labute approximate surface area is 159 Å². The summed E-state index contributed by atoms with van der Waals surface area (Å²) in [4.78, 5) is 18.7. The summed E-state index contributed by atoms with van der Waals surface area (Å²) in [6, 6.07) is 9.31. The third-order valence-corrected chi connectivity index (χ3v) is 5.07. The lowest BCUT2D eigenvalue weighted by Gasteiger charge is -2.19. The molecule has 2 aromatic heterocycles. The molecule has 4 rings (SSSR count). The number of carbonyl (C=O) groups excluding carboxylic acids is 1. The molecule has 0 aliphatic carbocycles. The van der Waals surface area contributed by atoms with Crippen LogP contribution in [0.5, 0.6) is 0 Å². The predicted octanol–water partition coefficient (Wildman–Crippen LogP) is 3.52. The maximum absolute atomic E-state index is 13.4. The minimum Gasteiger partial charge on any atom is -0.371 e. The van der Waals surface area contributed by atoms with E-state index >= 15 is 0 Å². The quantitative estimate of drug-likeness (QED) is 0.741. The molecule has 1 aromatic carbocycles. The van der Waals surface area contributed by atoms with Gasteiger partial charge in [0, 0.05) is 37.6 Å². The van der Waals surface area contributed by atoms with E-state index < -0.39 is 11.6 Å². The van der Waals surface area contributed by atoms with Gasteiger partial charge in [0.1, 0.15) is 5.65 Å². The van der Waals surface area contributed by atoms with Gasteiger partial charge in [-0.1, -0.05) is 17.7 Å². The van der Waals surface area contributed by atoms with E-state index in [1.807, 2.05) is 11.0 Å². The number of benzene rings is 1. The number of pyridine rings is 1. The highest BCUT2D eigenvalue weighted by atomic mass is 35.5. The average molecular weight is 391 g/mol. The van der Waals surface area contributed by atoms with Gasteiger partial charge in [-0.15, -0.1) is 0 Å². The Morgan fingerprint density at radius 2 is 2.11 bits per heavy atom. The lowest BCUT2D eigenvalue weighted by atomic mass is 10.1. The Hall–Kier alpha value is -2.67. The molecule has 1 aliphatic heterocycles. The molecule has 3 heterocycles. The van der Waals surface area contributed by atoms with Crippen molar-refractivity contribution in [3.8, 4) is 0 Å². The van der Waals surface area contributed by atoms with Crippen molar-refractivity contribution in [3.63, 3.8) is 0 Å². The smallest absolute Gasteiger partial charge is 0.271 e. The molecule has 0 radical (unpaired) electrons. The number of hydrogen-bond donors (Lipinski definition) is 1. The van der Waals surface area contributed by atoms with Gasteiger partial charge in [0.15, 0.2) is 22.5 Å². The average Bonchev–Trinajstić information content (AvgIpc) is 3.25. The van der Waals surface area contributed by atoms with Gasteiger partial charge >= 0.3 is 0 Å². The monoisotopic (exact) mass is 390 g/mol. The fourth-order valence-corrected chi connectivity index (χ4v) is 3.67. The van der Waals surface area contributed by atoms with Crippen LogP contribution in [-0.4, -0.2) is 34.9 Å². The molecule has 1 amide bonds. The molecule has 1 N–H and O–H groups in total. The second kappa shape index (κ2) is 7.15. The molecule has 3 aromatic rings. The highest BCUT2D eigenvalue weighted by Gasteiger charge is 2.25. The van der Waals surface area contributed by atoms with Crippen LogP contribution in [0, 0.1) is 17.6 Å². The maximum Gasteiger partial charge on any atom is 0.271 e. The van der Waals surface area contributed by atoms with E-state index in [0.29, 0.717) is 30.1 Å². The number of hydrogen-bond acceptors (Lipinski definition) is 3. The standard InChI is InChI=1S/C19H17ClF2N4O/c20-18-17(26-7-2-1-3-16(26)24-18)19(27)23-10-12-6-8-25(11-12)13-4-5-14(21)15(22)9-13/h1-5,7,9,12H,6,8,10-11H2,(H,23,27). The zero-order valence-corrected chi connectivity index (χ0v) is 15.1. The second-order valence-corrected chi connectivity index (χ2v) is 6.95. The van der Waals surface area contributed by atoms with Crippen LogP contribution in [0.3, 0.4) is 0 Å². The van der Waals surface area contributed by atoms with Crippen molar-refractivity contribution >= 4 is 28.8 Å². The summed E-state index contributed by atoms with van der Waals surface area (Å²) in [5, 5.41) is 3.07. The molecular formula is C19H17ClF2N4O. The van der Waals surface area contributed by atoms with E-state index in [2.05, 4.69) is 10.3 Å². The first-order valence-electron chi connectivity index (χ1n) is 8.63. The molecular weight excluding hydrogens is 374 g/mol. The lowest BCUT2D eigenvalue weighted by Crippen LogP contribution is -2.31. The van der Waals surface area contributed by atoms with E-state index in [1.54, 1.807) is 28.8 Å². The summed E-state index contributed by atoms with van der Waals surface area (Å²) in [6.07, 6.45) is 2.59. The summed E-state index contributed by atoms with van der Waals surface area (Å²) in [5.74, 6) is -1.79. The van der Waals surface area contributed by atoms with E-state index in [-0.39, 0.29) is 17.0 Å². The molecule has 1 saturated heterocycles. The van der Waals surface area contributed by atoms with Crippen LogP contribution in [0.15, 0.2) is 42.6 Å². The molecule has 0 bridgehead atoms. The molecule has 1 fully saturated rings. The number of fused-ring (bicyclic) bond motifs is 1. The fourth-order valence-electron chi connectivity index (χ4n) is 3.41. The van der Waals surface area contributed by atoms with Crippen LogP contribution in [0.1, 0.15) is 16.9 Å². The molecule has 0 saturated carbocycles. The van der Waals surface area contributed by atoms with Gasteiger partial charge in [-0.3, -0.25) is 9.20 Å². The minimum atomic E-state index is -0.855. The van der Waals surface area contributed by atoms with Crippen LogP contribution in [0.4, 0.5) is 14.5 Å². The molecule has 5 nitrogen and oxygen atoms in total. The van der Waals surface area contributed by atoms with Crippen molar-refractivity contribution in [1.82, 2.24) is 14.7 Å². The largest absolute Gasteiger partial charge is 0.371 e. The normalized spacial score (nSPS) is 16.9. The summed E-state index contributed by atoms with van der Waals surface area (Å²) in [7, 11) is 0. The molecule has 0 spiro atoms. The van der Waals surface area contributed by atoms with Crippen LogP contribution in [0.2, 0.25) is 5.15 Å². The zero-order chi connectivity index (χ0) is 19.0. The van der Waals surface area contributed by atoms with E-state index in [0.717, 1.165) is 19.0 Å². The summed E-state index contributed by atoms with van der Waals surface area (Å²) >= 11 is 6.12. The van der Waals surface area contributed by atoms with Gasteiger partial charge in [-0.25, -0.2) is 13.8 Å². The highest BCUT2D eigenvalue weighted by Crippen LogP contribution is 2.25. The predicted molar refractivity (Wildman–Crippen MR) is 99.2 cm³/mol. The SMILES string of the molecule is O=C(NCC1CCN(c2ccc(F)c(F)c2)C1)c1c(Cl)nc2ccccn12. The fraction of sp³-hybridized carbons (Fsp3) is 0.263. The number of rotatable bonds is 4. The highest BCUT2D eigenvalue weighted by molar-refractivity contribution is 6.32. The van der Waals surface area contributed by atoms with Gasteiger partial charge in [-0.2, -0.15) is 0 Å². The molecule has 8 heteroatoms. The first kappa shape index (κ1) is 17.7. The van der Waals surface area contributed by atoms with Crippen molar-refractivity contribution in [2.24, 2.45) is 5.92 Å². The Kier molecular flexibility index (Phi) is 4.70. The van der Waals surface area contributed by atoms with Crippen LogP contribution in [0.25, 0.3) is 5.65 Å². The van der Waals surface area contributed by atoms with Gasteiger partial charge < -0.3 is 10.2 Å². The molecule has 140 valence electrons. The van der Waals surface area contributed by atoms with E-state index in [4.69, 9.17) is 11.6 Å². The number of amides is 1. The van der Waals surface area contributed by atoms with Gasteiger partial charge in [0.05, 0.1) is 0 Å². The first-order chi connectivity index (χ1) is 13.0. The van der Waals surface area contributed by atoms with Crippen molar-refractivity contribution in [2.75, 3.05) is 24.5 Å². The zero-order valence-electron chi connectivity index (χ0n) is 14.3. The summed E-state index contributed by atoms with van der Waals surface area (Å²) < 4.78 is 28.2. The molecule has 27 heavy (non-hydrogen) atoms. The minimum absolute atomic E-state index is 0.161. The Morgan fingerprint density at radius 1 is 1.26 bits per heavy atom. The van der Waals surface area contributed by atoms with Crippen molar-refractivity contribution in [3.05, 3.63) is 65.1 Å². The molecule has 1 atom stereocenters. The van der Waals surface area contributed by atoms with Gasteiger partial charge in [-0.05, 0) is 36.6 Å². The number of imidazole rings is 1. The second-order valence-electron chi connectivity index (χ2n) is 6.59. The van der Waals surface area contributed by atoms with Gasteiger partial charge in [0.2, 0.25) is 0 Å². The van der Waals surface area contributed by atoms with Crippen LogP contribution in [-0.2, 0) is 0 Å². The number of carbonyl (C=O) groups is 1.